The molecule has 0 saturated heterocycles. The summed E-state index contributed by atoms with van der Waals surface area (Å²) in [6.45, 7) is 11.0. The van der Waals surface area contributed by atoms with Crippen LogP contribution in [0, 0.1) is 20.8 Å². The Balaban J connectivity index is 1.96. The van der Waals surface area contributed by atoms with Gasteiger partial charge >= 0.3 is 0 Å². The molecule has 0 aliphatic heterocycles. The molecule has 2 heterocycles. The average molecular weight is 292 g/mol. The Morgan fingerprint density at radius 3 is 2.81 bits per heavy atom. The molecular formula is C15H24N4O2. The van der Waals surface area contributed by atoms with Crippen LogP contribution in [0.5, 0.6) is 0 Å². The molecule has 6 nitrogen and oxygen atoms in total. The predicted molar refractivity (Wildman–Crippen MR) is 81.4 cm³/mol. The van der Waals surface area contributed by atoms with Crippen molar-refractivity contribution in [2.45, 2.75) is 47.2 Å². The highest BCUT2D eigenvalue weighted by atomic mass is 16.5. The van der Waals surface area contributed by atoms with Crippen molar-refractivity contribution in [1.82, 2.24) is 14.7 Å². The zero-order valence-electron chi connectivity index (χ0n) is 13.3. The van der Waals surface area contributed by atoms with Gasteiger partial charge in [-0.1, -0.05) is 5.16 Å². The quantitative estimate of drug-likeness (QED) is 0.758. The Kier molecular flexibility index (Phi) is 5.38. The lowest BCUT2D eigenvalue weighted by molar-refractivity contribution is 0.142. The monoisotopic (exact) mass is 292 g/mol. The summed E-state index contributed by atoms with van der Waals surface area (Å²) in [5.74, 6) is 1.73. The van der Waals surface area contributed by atoms with Crippen LogP contribution in [0.4, 0.5) is 5.95 Å². The Bertz CT molecular complexity index is 555. The first kappa shape index (κ1) is 15.6. The van der Waals surface area contributed by atoms with Gasteiger partial charge in [0.2, 0.25) is 5.95 Å². The predicted octanol–water partition coefficient (Wildman–Crippen LogP) is 2.84. The topological polar surface area (TPSA) is 65.1 Å². The average Bonchev–Trinajstić information content (AvgIpc) is 2.96. The number of hydrogen-bond acceptors (Lipinski definition) is 5. The molecule has 0 fully saturated rings. The minimum atomic E-state index is 0.670. The SMILES string of the molecule is CCOCCCn1cc(C)nc1NCc1c(C)noc1C. The van der Waals surface area contributed by atoms with Crippen molar-refractivity contribution < 1.29 is 9.26 Å². The summed E-state index contributed by atoms with van der Waals surface area (Å²) < 4.78 is 12.7. The number of ether oxygens (including phenoxy) is 1. The van der Waals surface area contributed by atoms with Gasteiger partial charge in [-0.3, -0.25) is 0 Å². The molecule has 0 bridgehead atoms. The lowest BCUT2D eigenvalue weighted by atomic mass is 10.2. The molecule has 0 unspecified atom stereocenters. The largest absolute Gasteiger partial charge is 0.382 e. The van der Waals surface area contributed by atoms with Crippen LogP contribution in [-0.2, 0) is 17.8 Å². The molecule has 6 heteroatoms. The van der Waals surface area contributed by atoms with E-state index in [4.69, 9.17) is 9.26 Å². The fourth-order valence-electron chi connectivity index (χ4n) is 2.26. The van der Waals surface area contributed by atoms with E-state index in [1.165, 1.54) is 0 Å². The van der Waals surface area contributed by atoms with Gasteiger partial charge in [-0.2, -0.15) is 0 Å². The maximum atomic E-state index is 5.38. The summed E-state index contributed by atoms with van der Waals surface area (Å²) in [5.41, 5.74) is 3.02. The molecule has 21 heavy (non-hydrogen) atoms. The number of nitrogens with zero attached hydrogens (tertiary/aromatic N) is 3. The third kappa shape index (κ3) is 4.07. The van der Waals surface area contributed by atoms with E-state index in [-0.39, 0.29) is 0 Å². The van der Waals surface area contributed by atoms with Crippen LogP contribution in [0.25, 0.3) is 0 Å². The normalized spacial score (nSPS) is 11.0. The highest BCUT2D eigenvalue weighted by Crippen LogP contribution is 2.15. The van der Waals surface area contributed by atoms with Crippen molar-refractivity contribution >= 4 is 5.95 Å². The maximum Gasteiger partial charge on any atom is 0.203 e. The molecule has 2 rings (SSSR count). The lowest BCUT2D eigenvalue weighted by Crippen LogP contribution is -2.09. The van der Waals surface area contributed by atoms with Crippen molar-refractivity contribution in [3.8, 4) is 0 Å². The second kappa shape index (κ2) is 7.26. The molecule has 0 aromatic carbocycles. The van der Waals surface area contributed by atoms with Crippen molar-refractivity contribution in [3.63, 3.8) is 0 Å². The second-order valence-corrected chi connectivity index (χ2v) is 5.11. The summed E-state index contributed by atoms with van der Waals surface area (Å²) in [4.78, 5) is 4.53. The van der Waals surface area contributed by atoms with E-state index in [0.717, 1.165) is 54.8 Å². The molecule has 1 N–H and O–H groups in total. The lowest BCUT2D eigenvalue weighted by Gasteiger charge is -2.09. The molecule has 116 valence electrons. The number of hydrogen-bond donors (Lipinski definition) is 1. The van der Waals surface area contributed by atoms with Gasteiger partial charge in [-0.05, 0) is 34.1 Å². The Labute approximate surface area is 125 Å². The van der Waals surface area contributed by atoms with Crippen LogP contribution < -0.4 is 5.32 Å². The fourth-order valence-corrected chi connectivity index (χ4v) is 2.26. The minimum Gasteiger partial charge on any atom is -0.382 e. The summed E-state index contributed by atoms with van der Waals surface area (Å²) >= 11 is 0. The van der Waals surface area contributed by atoms with Crippen LogP contribution in [0.3, 0.4) is 0 Å². The van der Waals surface area contributed by atoms with Crippen molar-refractivity contribution in [3.05, 3.63) is 28.9 Å². The molecule has 0 radical (unpaired) electrons. The Morgan fingerprint density at radius 1 is 1.33 bits per heavy atom. The van der Waals surface area contributed by atoms with Crippen molar-refractivity contribution in [1.29, 1.82) is 0 Å². The van der Waals surface area contributed by atoms with Gasteiger partial charge in [0, 0.05) is 38.1 Å². The molecule has 0 saturated carbocycles. The van der Waals surface area contributed by atoms with E-state index in [0.29, 0.717) is 6.54 Å². The first-order valence-corrected chi connectivity index (χ1v) is 7.39. The van der Waals surface area contributed by atoms with Gasteiger partial charge in [0.25, 0.3) is 0 Å². The van der Waals surface area contributed by atoms with E-state index >= 15 is 0 Å². The van der Waals surface area contributed by atoms with Crippen LogP contribution in [-0.4, -0.2) is 27.9 Å². The number of rotatable bonds is 8. The van der Waals surface area contributed by atoms with Crippen molar-refractivity contribution in [2.75, 3.05) is 18.5 Å². The molecule has 0 aliphatic rings. The van der Waals surface area contributed by atoms with Gasteiger partial charge in [-0.15, -0.1) is 0 Å². The van der Waals surface area contributed by atoms with E-state index < -0.39 is 0 Å². The van der Waals surface area contributed by atoms with E-state index in [1.54, 1.807) is 0 Å². The zero-order chi connectivity index (χ0) is 15.2. The van der Waals surface area contributed by atoms with Crippen LogP contribution >= 0.6 is 0 Å². The van der Waals surface area contributed by atoms with Crippen LogP contribution in [0.1, 0.15) is 36.1 Å². The van der Waals surface area contributed by atoms with Gasteiger partial charge in [0.1, 0.15) is 5.76 Å². The zero-order valence-corrected chi connectivity index (χ0v) is 13.3. The second-order valence-electron chi connectivity index (χ2n) is 5.11. The molecule has 2 aromatic rings. The highest BCUT2D eigenvalue weighted by Gasteiger charge is 2.11. The van der Waals surface area contributed by atoms with Gasteiger partial charge in [0.05, 0.1) is 11.4 Å². The fraction of sp³-hybridized carbons (Fsp3) is 0.600. The highest BCUT2D eigenvalue weighted by molar-refractivity contribution is 5.32. The first-order chi connectivity index (χ1) is 10.1. The first-order valence-electron chi connectivity index (χ1n) is 7.39. The summed E-state index contributed by atoms with van der Waals surface area (Å²) in [6.07, 6.45) is 3.03. The summed E-state index contributed by atoms with van der Waals surface area (Å²) in [6, 6.07) is 0. The number of aromatic nitrogens is 3. The van der Waals surface area contributed by atoms with Crippen LogP contribution in [0.2, 0.25) is 0 Å². The maximum absolute atomic E-state index is 5.38. The molecule has 0 amide bonds. The number of aryl methyl sites for hydroxylation is 4. The molecular weight excluding hydrogens is 268 g/mol. The van der Waals surface area contributed by atoms with Gasteiger partial charge in [0.15, 0.2) is 0 Å². The molecule has 0 spiro atoms. The number of imidazole rings is 1. The Hall–Kier alpha value is -1.82. The van der Waals surface area contributed by atoms with E-state index in [2.05, 4.69) is 26.2 Å². The molecule has 0 atom stereocenters. The Morgan fingerprint density at radius 2 is 2.14 bits per heavy atom. The molecule has 0 aliphatic carbocycles. The number of anilines is 1. The molecule has 2 aromatic heterocycles. The van der Waals surface area contributed by atoms with Gasteiger partial charge in [-0.25, -0.2) is 4.98 Å². The standard InChI is InChI=1S/C15H24N4O2/c1-5-20-8-6-7-19-10-11(2)17-15(19)16-9-14-12(3)18-21-13(14)4/h10H,5-9H2,1-4H3,(H,16,17). The van der Waals surface area contributed by atoms with E-state index in [9.17, 15) is 0 Å². The summed E-state index contributed by atoms with van der Waals surface area (Å²) in [5, 5.41) is 7.34. The van der Waals surface area contributed by atoms with E-state index in [1.807, 2.05) is 27.7 Å². The number of nitrogens with one attached hydrogen (secondary N) is 1. The smallest absolute Gasteiger partial charge is 0.203 e. The third-order valence-electron chi connectivity index (χ3n) is 3.39. The third-order valence-corrected chi connectivity index (χ3v) is 3.39. The van der Waals surface area contributed by atoms with Gasteiger partial charge < -0.3 is 19.1 Å². The summed E-state index contributed by atoms with van der Waals surface area (Å²) in [7, 11) is 0. The van der Waals surface area contributed by atoms with Crippen molar-refractivity contribution in [2.24, 2.45) is 0 Å². The van der Waals surface area contributed by atoms with Crippen LogP contribution in [0.15, 0.2) is 10.7 Å². The minimum absolute atomic E-state index is 0.670.